The summed E-state index contributed by atoms with van der Waals surface area (Å²) in [5.74, 6) is 0.162. The highest BCUT2D eigenvalue weighted by molar-refractivity contribution is 6.30. The van der Waals surface area contributed by atoms with Gasteiger partial charge >= 0.3 is 0 Å². The Morgan fingerprint density at radius 3 is 2.32 bits per heavy atom. The Balaban J connectivity index is 2.19. The van der Waals surface area contributed by atoms with Crippen LogP contribution in [0.15, 0.2) is 54.6 Å². The number of ketones is 1. The molecule has 2 aromatic rings. The molecule has 19 heavy (non-hydrogen) atoms. The van der Waals surface area contributed by atoms with Gasteiger partial charge in [0.2, 0.25) is 0 Å². The SMILES string of the molecule is CC(=O)CC(Nc1ccc(Cl)cc1)c1ccccc1. The van der Waals surface area contributed by atoms with E-state index in [-0.39, 0.29) is 11.8 Å². The number of anilines is 1. The van der Waals surface area contributed by atoms with Crippen molar-refractivity contribution < 1.29 is 4.79 Å². The molecule has 98 valence electrons. The average Bonchev–Trinajstić information content (AvgIpc) is 2.41. The lowest BCUT2D eigenvalue weighted by Gasteiger charge is -2.19. The molecule has 3 heteroatoms. The van der Waals surface area contributed by atoms with Gasteiger partial charge in [-0.1, -0.05) is 41.9 Å². The molecule has 1 N–H and O–H groups in total. The maximum absolute atomic E-state index is 11.4. The van der Waals surface area contributed by atoms with E-state index in [0.717, 1.165) is 11.3 Å². The molecule has 0 aliphatic heterocycles. The van der Waals surface area contributed by atoms with Crippen LogP contribution in [-0.4, -0.2) is 5.78 Å². The van der Waals surface area contributed by atoms with Gasteiger partial charge in [0.25, 0.3) is 0 Å². The first-order valence-corrected chi connectivity index (χ1v) is 6.59. The van der Waals surface area contributed by atoms with E-state index in [1.54, 1.807) is 6.92 Å². The molecule has 0 spiro atoms. The topological polar surface area (TPSA) is 29.1 Å². The molecule has 0 aromatic heterocycles. The second-order valence-corrected chi connectivity index (χ2v) is 4.96. The van der Waals surface area contributed by atoms with Crippen LogP contribution >= 0.6 is 11.6 Å². The summed E-state index contributed by atoms with van der Waals surface area (Å²) >= 11 is 5.87. The fourth-order valence-corrected chi connectivity index (χ4v) is 2.10. The van der Waals surface area contributed by atoms with Crippen molar-refractivity contribution in [1.82, 2.24) is 0 Å². The smallest absolute Gasteiger partial charge is 0.132 e. The molecule has 0 saturated carbocycles. The molecule has 2 aromatic carbocycles. The van der Waals surface area contributed by atoms with Crippen LogP contribution in [0.25, 0.3) is 0 Å². The predicted molar refractivity (Wildman–Crippen MR) is 79.6 cm³/mol. The van der Waals surface area contributed by atoms with Gasteiger partial charge in [0, 0.05) is 17.1 Å². The molecule has 0 aliphatic rings. The quantitative estimate of drug-likeness (QED) is 0.871. The zero-order chi connectivity index (χ0) is 13.7. The largest absolute Gasteiger partial charge is 0.378 e. The Hall–Kier alpha value is -1.80. The van der Waals surface area contributed by atoms with Crippen molar-refractivity contribution in [1.29, 1.82) is 0 Å². The highest BCUT2D eigenvalue weighted by Crippen LogP contribution is 2.23. The Labute approximate surface area is 118 Å². The van der Waals surface area contributed by atoms with Crippen LogP contribution in [0, 0.1) is 0 Å². The number of rotatable bonds is 5. The summed E-state index contributed by atoms with van der Waals surface area (Å²) in [4.78, 5) is 11.4. The fraction of sp³-hybridized carbons (Fsp3) is 0.188. The molecule has 0 aliphatic carbocycles. The van der Waals surface area contributed by atoms with Gasteiger partial charge in [-0.25, -0.2) is 0 Å². The number of hydrogen-bond donors (Lipinski definition) is 1. The lowest BCUT2D eigenvalue weighted by molar-refractivity contribution is -0.117. The lowest BCUT2D eigenvalue weighted by atomic mass is 10.0. The zero-order valence-corrected chi connectivity index (χ0v) is 11.5. The molecule has 0 amide bonds. The second kappa shape index (κ2) is 6.39. The van der Waals surface area contributed by atoms with Crippen LogP contribution in [0.2, 0.25) is 5.02 Å². The van der Waals surface area contributed by atoms with Crippen LogP contribution in [0.3, 0.4) is 0 Å². The Kier molecular flexibility index (Phi) is 4.58. The fourth-order valence-electron chi connectivity index (χ4n) is 1.97. The van der Waals surface area contributed by atoms with Crippen LogP contribution in [-0.2, 0) is 4.79 Å². The first-order chi connectivity index (χ1) is 9.15. The standard InChI is InChI=1S/C16H16ClNO/c1-12(19)11-16(13-5-3-2-4-6-13)18-15-9-7-14(17)8-10-15/h2-10,16,18H,11H2,1H3. The maximum Gasteiger partial charge on any atom is 0.132 e. The number of Topliss-reactive ketones (excluding diaryl/α,β-unsaturated/α-hetero) is 1. The van der Waals surface area contributed by atoms with E-state index in [0.29, 0.717) is 11.4 Å². The number of halogens is 1. The van der Waals surface area contributed by atoms with E-state index in [9.17, 15) is 4.79 Å². The normalized spacial score (nSPS) is 11.9. The van der Waals surface area contributed by atoms with E-state index in [4.69, 9.17) is 11.6 Å². The molecule has 1 unspecified atom stereocenters. The molecule has 2 nitrogen and oxygen atoms in total. The Morgan fingerprint density at radius 2 is 1.74 bits per heavy atom. The third-order valence-corrected chi connectivity index (χ3v) is 3.13. The van der Waals surface area contributed by atoms with E-state index < -0.39 is 0 Å². The molecule has 0 bridgehead atoms. The van der Waals surface area contributed by atoms with Crippen LogP contribution < -0.4 is 5.32 Å². The highest BCUT2D eigenvalue weighted by atomic mass is 35.5. The minimum atomic E-state index is -0.0140. The van der Waals surface area contributed by atoms with Crippen molar-refractivity contribution in [3.05, 3.63) is 65.2 Å². The van der Waals surface area contributed by atoms with Crippen molar-refractivity contribution >= 4 is 23.1 Å². The summed E-state index contributed by atoms with van der Waals surface area (Å²) in [5, 5.41) is 4.08. The molecular weight excluding hydrogens is 258 g/mol. The van der Waals surface area contributed by atoms with Crippen LogP contribution in [0.1, 0.15) is 24.9 Å². The third kappa shape index (κ3) is 4.11. The minimum Gasteiger partial charge on any atom is -0.378 e. The number of hydrogen-bond acceptors (Lipinski definition) is 2. The molecule has 0 radical (unpaired) electrons. The van der Waals surface area contributed by atoms with Gasteiger partial charge in [0.05, 0.1) is 6.04 Å². The number of carbonyl (C=O) groups is 1. The van der Waals surface area contributed by atoms with E-state index in [2.05, 4.69) is 5.32 Å². The van der Waals surface area contributed by atoms with Crippen LogP contribution in [0.4, 0.5) is 5.69 Å². The Bertz CT molecular complexity index is 536. The van der Waals surface area contributed by atoms with E-state index >= 15 is 0 Å². The van der Waals surface area contributed by atoms with Crippen LogP contribution in [0.5, 0.6) is 0 Å². The summed E-state index contributed by atoms with van der Waals surface area (Å²) in [6, 6.07) is 17.5. The number of nitrogens with one attached hydrogen (secondary N) is 1. The molecular formula is C16H16ClNO. The Morgan fingerprint density at radius 1 is 1.11 bits per heavy atom. The molecule has 0 heterocycles. The van der Waals surface area contributed by atoms with Gasteiger partial charge < -0.3 is 5.32 Å². The third-order valence-electron chi connectivity index (χ3n) is 2.88. The van der Waals surface area contributed by atoms with Gasteiger partial charge in [-0.15, -0.1) is 0 Å². The lowest BCUT2D eigenvalue weighted by Crippen LogP contribution is -2.14. The van der Waals surface area contributed by atoms with Crippen molar-refractivity contribution in [2.45, 2.75) is 19.4 Å². The van der Waals surface area contributed by atoms with Gasteiger partial charge in [0.1, 0.15) is 5.78 Å². The highest BCUT2D eigenvalue weighted by Gasteiger charge is 2.13. The van der Waals surface area contributed by atoms with Crippen molar-refractivity contribution in [3.8, 4) is 0 Å². The van der Waals surface area contributed by atoms with Crippen molar-refractivity contribution in [3.63, 3.8) is 0 Å². The molecule has 0 fully saturated rings. The summed E-state index contributed by atoms with van der Waals surface area (Å²) in [5.41, 5.74) is 2.06. The number of benzene rings is 2. The average molecular weight is 274 g/mol. The molecule has 1 atom stereocenters. The monoisotopic (exact) mass is 273 g/mol. The summed E-state index contributed by atoms with van der Waals surface area (Å²) in [6.07, 6.45) is 0.465. The second-order valence-electron chi connectivity index (χ2n) is 4.52. The number of carbonyl (C=O) groups excluding carboxylic acids is 1. The van der Waals surface area contributed by atoms with Crippen molar-refractivity contribution in [2.75, 3.05) is 5.32 Å². The molecule has 0 saturated heterocycles. The zero-order valence-electron chi connectivity index (χ0n) is 10.8. The first-order valence-electron chi connectivity index (χ1n) is 6.21. The van der Waals surface area contributed by atoms with Gasteiger partial charge in [-0.3, -0.25) is 4.79 Å². The minimum absolute atomic E-state index is 0.0140. The van der Waals surface area contributed by atoms with E-state index in [1.807, 2.05) is 54.6 Å². The van der Waals surface area contributed by atoms with E-state index in [1.165, 1.54) is 0 Å². The van der Waals surface area contributed by atoms with Gasteiger partial charge in [0.15, 0.2) is 0 Å². The summed E-state index contributed by atoms with van der Waals surface area (Å²) in [7, 11) is 0. The summed E-state index contributed by atoms with van der Waals surface area (Å²) in [6.45, 7) is 1.61. The van der Waals surface area contributed by atoms with Gasteiger partial charge in [-0.05, 0) is 36.8 Å². The van der Waals surface area contributed by atoms with Crippen molar-refractivity contribution in [2.24, 2.45) is 0 Å². The predicted octanol–water partition coefficient (Wildman–Crippen LogP) is 4.47. The maximum atomic E-state index is 11.4. The van der Waals surface area contributed by atoms with Gasteiger partial charge in [-0.2, -0.15) is 0 Å². The first kappa shape index (κ1) is 13.6. The summed E-state index contributed by atoms with van der Waals surface area (Å²) < 4.78 is 0. The molecule has 2 rings (SSSR count).